The molecule has 2 aromatic rings. The van der Waals surface area contributed by atoms with E-state index in [9.17, 15) is 8.42 Å². The average molecular weight is 387 g/mol. The van der Waals surface area contributed by atoms with Crippen molar-refractivity contribution in [1.29, 1.82) is 0 Å². The molecule has 0 radical (unpaired) electrons. The zero-order chi connectivity index (χ0) is 19.3. The molecular weight excluding hydrogens is 356 g/mol. The molecule has 2 unspecified atom stereocenters. The maximum atomic E-state index is 12.1. The van der Waals surface area contributed by atoms with Crippen LogP contribution in [-0.4, -0.2) is 20.2 Å². The molecule has 0 amide bonds. The Morgan fingerprint density at radius 3 is 2.63 bits per heavy atom. The predicted octanol–water partition coefficient (Wildman–Crippen LogP) is 3.51. The van der Waals surface area contributed by atoms with Crippen LogP contribution in [-0.2, 0) is 29.4 Å². The van der Waals surface area contributed by atoms with Crippen molar-refractivity contribution in [2.75, 3.05) is 5.75 Å². The van der Waals surface area contributed by atoms with Gasteiger partial charge in [-0.15, -0.1) is 0 Å². The third-order valence-electron chi connectivity index (χ3n) is 5.43. The fourth-order valence-electron chi connectivity index (χ4n) is 3.81. The average Bonchev–Trinajstić information content (AvgIpc) is 2.68. The summed E-state index contributed by atoms with van der Waals surface area (Å²) in [4.78, 5) is 0. The Morgan fingerprint density at radius 1 is 1.11 bits per heavy atom. The number of nitrogens with two attached hydrogens (primary N) is 1. The van der Waals surface area contributed by atoms with E-state index in [1.165, 1.54) is 16.7 Å². The van der Waals surface area contributed by atoms with E-state index < -0.39 is 10.0 Å². The van der Waals surface area contributed by atoms with Gasteiger partial charge in [0.1, 0.15) is 0 Å². The summed E-state index contributed by atoms with van der Waals surface area (Å²) >= 11 is 0. The molecule has 2 atom stereocenters. The van der Waals surface area contributed by atoms with Crippen molar-refractivity contribution >= 4 is 10.0 Å². The summed E-state index contributed by atoms with van der Waals surface area (Å²) in [7, 11) is -3.21. The minimum atomic E-state index is -3.21. The SMILES string of the molecule is CCCCS(=O)(=O)NCc1ccc2c(c1)C(Cc1ccccc1)C(N)CC2. The van der Waals surface area contributed by atoms with Crippen molar-refractivity contribution < 1.29 is 8.42 Å². The van der Waals surface area contributed by atoms with Crippen LogP contribution in [0.1, 0.15) is 54.4 Å². The second kappa shape index (κ2) is 9.00. The van der Waals surface area contributed by atoms with Gasteiger partial charge in [0.2, 0.25) is 10.0 Å². The van der Waals surface area contributed by atoms with Gasteiger partial charge in [0.15, 0.2) is 0 Å². The lowest BCUT2D eigenvalue weighted by Gasteiger charge is -2.32. The number of hydrogen-bond acceptors (Lipinski definition) is 3. The molecule has 0 bridgehead atoms. The van der Waals surface area contributed by atoms with Crippen molar-refractivity contribution in [3.05, 3.63) is 70.8 Å². The molecule has 0 aromatic heterocycles. The number of nitrogens with one attached hydrogen (secondary N) is 1. The highest BCUT2D eigenvalue weighted by atomic mass is 32.2. The van der Waals surface area contributed by atoms with Crippen molar-refractivity contribution in [2.24, 2.45) is 5.73 Å². The van der Waals surface area contributed by atoms with E-state index in [1.54, 1.807) is 0 Å². The molecule has 3 N–H and O–H groups in total. The predicted molar refractivity (Wildman–Crippen MR) is 111 cm³/mol. The van der Waals surface area contributed by atoms with Crippen LogP contribution in [0.2, 0.25) is 0 Å². The quantitative estimate of drug-likeness (QED) is 0.729. The number of sulfonamides is 1. The molecule has 0 saturated heterocycles. The highest BCUT2D eigenvalue weighted by Gasteiger charge is 2.27. The molecule has 3 rings (SSSR count). The van der Waals surface area contributed by atoms with Crippen LogP contribution < -0.4 is 10.5 Å². The summed E-state index contributed by atoms with van der Waals surface area (Å²) in [6.07, 6.45) is 4.46. The summed E-state index contributed by atoms with van der Waals surface area (Å²) in [6.45, 7) is 2.34. The summed E-state index contributed by atoms with van der Waals surface area (Å²) < 4.78 is 26.9. The van der Waals surface area contributed by atoms with E-state index in [2.05, 4.69) is 41.1 Å². The number of aryl methyl sites for hydroxylation is 1. The molecule has 0 fully saturated rings. The third-order valence-corrected chi connectivity index (χ3v) is 6.85. The maximum Gasteiger partial charge on any atom is 0.211 e. The Balaban J connectivity index is 1.77. The lowest BCUT2D eigenvalue weighted by atomic mass is 9.76. The molecule has 0 heterocycles. The van der Waals surface area contributed by atoms with Crippen molar-refractivity contribution in [3.63, 3.8) is 0 Å². The number of rotatable bonds is 8. The first-order valence-corrected chi connectivity index (χ1v) is 11.5. The van der Waals surface area contributed by atoms with Gasteiger partial charge in [-0.1, -0.05) is 61.9 Å². The smallest absolute Gasteiger partial charge is 0.211 e. The molecule has 0 spiro atoms. The maximum absolute atomic E-state index is 12.1. The largest absolute Gasteiger partial charge is 0.327 e. The Labute approximate surface area is 163 Å². The van der Waals surface area contributed by atoms with Crippen LogP contribution in [0.15, 0.2) is 48.5 Å². The van der Waals surface area contributed by atoms with Gasteiger partial charge in [-0.25, -0.2) is 13.1 Å². The Kier molecular flexibility index (Phi) is 6.68. The van der Waals surface area contributed by atoms with Gasteiger partial charge < -0.3 is 5.73 Å². The van der Waals surface area contributed by atoms with Gasteiger partial charge in [0.25, 0.3) is 0 Å². The normalized spacial score (nSPS) is 19.6. The lowest BCUT2D eigenvalue weighted by Crippen LogP contribution is -2.34. The minimum absolute atomic E-state index is 0.134. The van der Waals surface area contributed by atoms with Gasteiger partial charge in [0, 0.05) is 18.5 Å². The van der Waals surface area contributed by atoms with Crippen LogP contribution in [0, 0.1) is 0 Å². The Morgan fingerprint density at radius 2 is 1.89 bits per heavy atom. The van der Waals surface area contributed by atoms with E-state index in [0.29, 0.717) is 13.0 Å². The molecule has 146 valence electrons. The highest BCUT2D eigenvalue weighted by Crippen LogP contribution is 2.34. The van der Waals surface area contributed by atoms with Crippen LogP contribution in [0.4, 0.5) is 0 Å². The van der Waals surface area contributed by atoms with Gasteiger partial charge in [-0.2, -0.15) is 0 Å². The Hall–Kier alpha value is -1.69. The summed E-state index contributed by atoms with van der Waals surface area (Å²) in [5.41, 5.74) is 11.4. The highest BCUT2D eigenvalue weighted by molar-refractivity contribution is 7.89. The van der Waals surface area contributed by atoms with E-state index in [0.717, 1.165) is 31.2 Å². The van der Waals surface area contributed by atoms with Gasteiger partial charge >= 0.3 is 0 Å². The molecule has 0 aliphatic heterocycles. The Bertz CT molecular complexity index is 850. The van der Waals surface area contributed by atoms with E-state index in [-0.39, 0.29) is 17.7 Å². The van der Waals surface area contributed by atoms with E-state index >= 15 is 0 Å². The summed E-state index contributed by atoms with van der Waals surface area (Å²) in [5.74, 6) is 0.462. The van der Waals surface area contributed by atoms with E-state index in [1.807, 2.05) is 19.1 Å². The number of benzene rings is 2. The van der Waals surface area contributed by atoms with Crippen LogP contribution >= 0.6 is 0 Å². The van der Waals surface area contributed by atoms with Crippen LogP contribution in [0.5, 0.6) is 0 Å². The molecule has 4 nitrogen and oxygen atoms in total. The molecule has 1 aliphatic carbocycles. The van der Waals surface area contributed by atoms with Crippen molar-refractivity contribution in [1.82, 2.24) is 4.72 Å². The molecule has 5 heteroatoms. The topological polar surface area (TPSA) is 72.2 Å². The minimum Gasteiger partial charge on any atom is -0.327 e. The van der Waals surface area contributed by atoms with Gasteiger partial charge in [0.05, 0.1) is 5.75 Å². The molecule has 27 heavy (non-hydrogen) atoms. The van der Waals surface area contributed by atoms with Crippen molar-refractivity contribution in [2.45, 2.75) is 57.5 Å². The lowest BCUT2D eigenvalue weighted by molar-refractivity contribution is 0.467. The molecule has 0 saturated carbocycles. The van der Waals surface area contributed by atoms with Crippen LogP contribution in [0.3, 0.4) is 0 Å². The van der Waals surface area contributed by atoms with Gasteiger partial charge in [-0.3, -0.25) is 0 Å². The molecule has 1 aliphatic rings. The monoisotopic (exact) mass is 386 g/mol. The number of fused-ring (bicyclic) bond motifs is 1. The first kappa shape index (κ1) is 20.1. The summed E-state index contributed by atoms with van der Waals surface area (Å²) in [5, 5.41) is 0. The first-order valence-electron chi connectivity index (χ1n) is 9.87. The zero-order valence-electron chi connectivity index (χ0n) is 16.0. The van der Waals surface area contributed by atoms with Crippen LogP contribution in [0.25, 0.3) is 0 Å². The number of unbranched alkanes of at least 4 members (excludes halogenated alkanes) is 1. The number of hydrogen-bond donors (Lipinski definition) is 2. The zero-order valence-corrected chi connectivity index (χ0v) is 16.8. The second-order valence-electron chi connectivity index (χ2n) is 7.53. The second-order valence-corrected chi connectivity index (χ2v) is 9.45. The third kappa shape index (κ3) is 5.41. The fourth-order valence-corrected chi connectivity index (χ4v) is 5.01. The standard InChI is InChI=1S/C22H30N2O2S/c1-2-3-13-27(25,26)24-16-18-9-10-19-11-12-22(23)21(20(19)15-18)14-17-7-5-4-6-8-17/h4-10,15,21-22,24H,2-3,11-14,16,23H2,1H3. The molecule has 2 aromatic carbocycles. The summed E-state index contributed by atoms with van der Waals surface area (Å²) in [6, 6.07) is 16.9. The van der Waals surface area contributed by atoms with Gasteiger partial charge in [-0.05, 0) is 47.9 Å². The van der Waals surface area contributed by atoms with Crippen molar-refractivity contribution in [3.8, 4) is 0 Å². The first-order chi connectivity index (χ1) is 13.0. The fraction of sp³-hybridized carbons (Fsp3) is 0.455. The molecular formula is C22H30N2O2S. The van der Waals surface area contributed by atoms with E-state index in [4.69, 9.17) is 5.73 Å².